The van der Waals surface area contributed by atoms with Crippen LogP contribution in [0.3, 0.4) is 0 Å². The fraction of sp³-hybridized carbons (Fsp3) is 0.0476. The van der Waals surface area contributed by atoms with E-state index in [0.29, 0.717) is 10.7 Å². The molecule has 29 heavy (non-hydrogen) atoms. The number of hydrogen-bond acceptors (Lipinski definition) is 4. The smallest absolute Gasteiger partial charge is 0.270 e. The molecule has 0 aliphatic rings. The van der Waals surface area contributed by atoms with Gasteiger partial charge in [-0.05, 0) is 43.3 Å². The number of nitrogens with zero attached hydrogens (tertiary/aromatic N) is 1. The maximum atomic E-state index is 12.7. The summed E-state index contributed by atoms with van der Waals surface area (Å²) in [5.74, 6) is -1.04. The molecule has 8 heteroatoms. The van der Waals surface area contributed by atoms with E-state index in [0.717, 1.165) is 11.6 Å². The van der Waals surface area contributed by atoms with Crippen molar-refractivity contribution in [1.29, 1.82) is 0 Å². The van der Waals surface area contributed by atoms with E-state index in [1.54, 1.807) is 12.1 Å². The van der Waals surface area contributed by atoms with Gasteiger partial charge in [-0.25, -0.2) is 0 Å². The zero-order chi connectivity index (χ0) is 21.0. The Morgan fingerprint density at radius 2 is 1.66 bits per heavy atom. The van der Waals surface area contributed by atoms with Crippen molar-refractivity contribution in [3.63, 3.8) is 0 Å². The Morgan fingerprint density at radius 3 is 2.34 bits per heavy atom. The number of nitrogens with one attached hydrogen (secondary N) is 2. The highest BCUT2D eigenvalue weighted by molar-refractivity contribution is 6.31. The SMILES string of the molecule is Cc1ccc(NC(=O)c2cc(Cl)ccc2NC(=O)c2cccc([N+](=O)[O-])c2)cc1. The molecule has 3 aromatic carbocycles. The highest BCUT2D eigenvalue weighted by Crippen LogP contribution is 2.23. The molecule has 7 nitrogen and oxygen atoms in total. The molecule has 0 spiro atoms. The van der Waals surface area contributed by atoms with E-state index in [1.165, 1.54) is 36.4 Å². The van der Waals surface area contributed by atoms with Gasteiger partial charge < -0.3 is 10.6 Å². The molecule has 0 fully saturated rings. The molecular formula is C21H16ClN3O4. The monoisotopic (exact) mass is 409 g/mol. The minimum Gasteiger partial charge on any atom is -0.322 e. The number of carbonyl (C=O) groups excluding carboxylic acids is 2. The molecule has 0 aromatic heterocycles. The Hall–Kier alpha value is -3.71. The van der Waals surface area contributed by atoms with Gasteiger partial charge in [-0.1, -0.05) is 35.4 Å². The van der Waals surface area contributed by atoms with E-state index < -0.39 is 16.7 Å². The first kappa shape index (κ1) is 20.0. The van der Waals surface area contributed by atoms with Crippen molar-refractivity contribution in [3.05, 3.63) is 98.6 Å². The molecule has 3 rings (SSSR count). The molecular weight excluding hydrogens is 394 g/mol. The third kappa shape index (κ3) is 4.97. The number of anilines is 2. The van der Waals surface area contributed by atoms with Crippen LogP contribution in [0, 0.1) is 17.0 Å². The summed E-state index contributed by atoms with van der Waals surface area (Å²) >= 11 is 6.03. The maximum Gasteiger partial charge on any atom is 0.270 e. The van der Waals surface area contributed by atoms with Crippen molar-refractivity contribution in [2.75, 3.05) is 10.6 Å². The fourth-order valence-corrected chi connectivity index (χ4v) is 2.78. The second-order valence-corrected chi connectivity index (χ2v) is 6.71. The normalized spacial score (nSPS) is 10.3. The highest BCUT2D eigenvalue weighted by atomic mass is 35.5. The molecule has 0 heterocycles. The zero-order valence-electron chi connectivity index (χ0n) is 15.3. The maximum absolute atomic E-state index is 12.7. The second-order valence-electron chi connectivity index (χ2n) is 6.27. The van der Waals surface area contributed by atoms with Crippen LogP contribution in [0.25, 0.3) is 0 Å². The van der Waals surface area contributed by atoms with Gasteiger partial charge in [-0.2, -0.15) is 0 Å². The Balaban J connectivity index is 1.85. The predicted octanol–water partition coefficient (Wildman–Crippen LogP) is 5.06. The summed E-state index contributed by atoms with van der Waals surface area (Å²) in [7, 11) is 0. The van der Waals surface area contributed by atoms with Crippen LogP contribution in [-0.4, -0.2) is 16.7 Å². The number of carbonyl (C=O) groups is 2. The summed E-state index contributed by atoms with van der Waals surface area (Å²) in [4.78, 5) is 35.6. The lowest BCUT2D eigenvalue weighted by Gasteiger charge is -2.12. The van der Waals surface area contributed by atoms with Crippen LogP contribution in [0.1, 0.15) is 26.3 Å². The lowest BCUT2D eigenvalue weighted by molar-refractivity contribution is -0.384. The number of rotatable bonds is 5. The first-order chi connectivity index (χ1) is 13.8. The molecule has 0 saturated heterocycles. The van der Waals surface area contributed by atoms with E-state index >= 15 is 0 Å². The Kier molecular flexibility index (Phi) is 5.90. The summed E-state index contributed by atoms with van der Waals surface area (Å²) < 4.78 is 0. The summed E-state index contributed by atoms with van der Waals surface area (Å²) in [5, 5.41) is 16.6. The first-order valence-electron chi connectivity index (χ1n) is 8.57. The average Bonchev–Trinajstić information content (AvgIpc) is 2.71. The molecule has 0 atom stereocenters. The lowest BCUT2D eigenvalue weighted by atomic mass is 10.1. The van der Waals surface area contributed by atoms with Gasteiger partial charge in [0, 0.05) is 28.4 Å². The third-order valence-electron chi connectivity index (χ3n) is 4.10. The van der Waals surface area contributed by atoms with Gasteiger partial charge in [-0.3, -0.25) is 19.7 Å². The van der Waals surface area contributed by atoms with Crippen molar-refractivity contribution >= 4 is 40.5 Å². The summed E-state index contributed by atoms with van der Waals surface area (Å²) in [6.07, 6.45) is 0. The zero-order valence-corrected chi connectivity index (χ0v) is 16.1. The van der Waals surface area contributed by atoms with E-state index in [9.17, 15) is 19.7 Å². The van der Waals surface area contributed by atoms with Crippen LogP contribution >= 0.6 is 11.6 Å². The molecule has 0 saturated carbocycles. The largest absolute Gasteiger partial charge is 0.322 e. The molecule has 0 aliphatic heterocycles. The molecule has 0 bridgehead atoms. The van der Waals surface area contributed by atoms with Crippen molar-refractivity contribution in [2.45, 2.75) is 6.92 Å². The highest BCUT2D eigenvalue weighted by Gasteiger charge is 2.17. The number of halogens is 1. The van der Waals surface area contributed by atoms with Crippen molar-refractivity contribution < 1.29 is 14.5 Å². The van der Waals surface area contributed by atoms with Gasteiger partial charge in [0.1, 0.15) is 0 Å². The standard InChI is InChI=1S/C21H16ClN3O4/c1-13-5-8-16(9-6-13)23-21(27)18-12-15(22)7-10-19(18)24-20(26)14-3-2-4-17(11-14)25(28)29/h2-12H,1H3,(H,23,27)(H,24,26). The number of benzene rings is 3. The topological polar surface area (TPSA) is 101 Å². The van der Waals surface area contributed by atoms with E-state index in [4.69, 9.17) is 11.6 Å². The second kappa shape index (κ2) is 8.53. The van der Waals surface area contributed by atoms with Gasteiger partial charge >= 0.3 is 0 Å². The van der Waals surface area contributed by atoms with Crippen LogP contribution in [0.2, 0.25) is 5.02 Å². The first-order valence-corrected chi connectivity index (χ1v) is 8.94. The van der Waals surface area contributed by atoms with Crippen molar-refractivity contribution in [2.24, 2.45) is 0 Å². The van der Waals surface area contributed by atoms with Crippen LogP contribution in [-0.2, 0) is 0 Å². The quantitative estimate of drug-likeness (QED) is 0.454. The van der Waals surface area contributed by atoms with Crippen molar-refractivity contribution in [3.8, 4) is 0 Å². The van der Waals surface area contributed by atoms with E-state index in [-0.39, 0.29) is 22.5 Å². The summed E-state index contributed by atoms with van der Waals surface area (Å²) in [5.41, 5.74) is 1.93. The lowest BCUT2D eigenvalue weighted by Crippen LogP contribution is -2.18. The van der Waals surface area contributed by atoms with Crippen LogP contribution in [0.4, 0.5) is 17.1 Å². The molecule has 2 N–H and O–H groups in total. The minimum atomic E-state index is -0.584. The van der Waals surface area contributed by atoms with Gasteiger partial charge in [-0.15, -0.1) is 0 Å². The molecule has 0 aliphatic carbocycles. The van der Waals surface area contributed by atoms with E-state index in [2.05, 4.69) is 10.6 Å². The number of non-ortho nitro benzene ring substituents is 1. The number of hydrogen-bond donors (Lipinski definition) is 2. The minimum absolute atomic E-state index is 0.0963. The average molecular weight is 410 g/mol. The number of amides is 2. The molecule has 0 unspecified atom stereocenters. The number of nitro groups is 1. The van der Waals surface area contributed by atoms with Crippen LogP contribution < -0.4 is 10.6 Å². The molecule has 0 radical (unpaired) electrons. The van der Waals surface area contributed by atoms with Gasteiger partial charge in [0.05, 0.1) is 16.2 Å². The molecule has 2 amide bonds. The molecule has 3 aromatic rings. The third-order valence-corrected chi connectivity index (χ3v) is 4.34. The predicted molar refractivity (Wildman–Crippen MR) is 112 cm³/mol. The van der Waals surface area contributed by atoms with Crippen molar-refractivity contribution in [1.82, 2.24) is 0 Å². The van der Waals surface area contributed by atoms with Gasteiger partial charge in [0.25, 0.3) is 17.5 Å². The summed E-state index contributed by atoms with van der Waals surface area (Å²) in [6, 6.07) is 17.0. The van der Waals surface area contributed by atoms with Gasteiger partial charge in [0.2, 0.25) is 0 Å². The fourth-order valence-electron chi connectivity index (χ4n) is 2.60. The number of nitro benzene ring substituents is 1. The Morgan fingerprint density at radius 1 is 0.931 bits per heavy atom. The van der Waals surface area contributed by atoms with Crippen LogP contribution in [0.5, 0.6) is 0 Å². The Bertz CT molecular complexity index is 1100. The summed E-state index contributed by atoms with van der Waals surface area (Å²) in [6.45, 7) is 1.93. The number of aryl methyl sites for hydroxylation is 1. The van der Waals surface area contributed by atoms with E-state index in [1.807, 2.05) is 19.1 Å². The Labute approximate surface area is 171 Å². The van der Waals surface area contributed by atoms with Gasteiger partial charge in [0.15, 0.2) is 0 Å². The van der Waals surface area contributed by atoms with Crippen LogP contribution in [0.15, 0.2) is 66.7 Å². The molecule has 146 valence electrons.